The number of anilines is 1. The lowest BCUT2D eigenvalue weighted by Gasteiger charge is -2.35. The Morgan fingerprint density at radius 1 is 0.679 bits per heavy atom. The molecule has 0 atom stereocenters. The van der Waals surface area contributed by atoms with Gasteiger partial charge in [-0.2, -0.15) is 4.31 Å². The highest BCUT2D eigenvalue weighted by Crippen LogP contribution is 2.26. The standard InChI is InChI=1S/C22H22N2O3S/c25-28(26,24-16-14-23(15-17-24)19-8-3-1-4-9-19)22-13-7-12-21(18-22)27-20-10-5-2-6-11-20/h1-13,18H,14-17H2. The summed E-state index contributed by atoms with van der Waals surface area (Å²) in [6.07, 6.45) is 0. The van der Waals surface area contributed by atoms with Crippen LogP contribution < -0.4 is 9.64 Å². The van der Waals surface area contributed by atoms with Gasteiger partial charge in [0.25, 0.3) is 0 Å². The SMILES string of the molecule is O=S(=O)(c1cccc(Oc2ccccc2)c1)N1CCN(c2ccccc2)CC1. The molecule has 0 aromatic heterocycles. The van der Waals surface area contributed by atoms with Crippen LogP contribution in [0.15, 0.2) is 89.8 Å². The van der Waals surface area contributed by atoms with Crippen LogP contribution in [0.25, 0.3) is 0 Å². The second kappa shape index (κ2) is 8.04. The van der Waals surface area contributed by atoms with Gasteiger partial charge < -0.3 is 9.64 Å². The molecular weight excluding hydrogens is 372 g/mol. The number of para-hydroxylation sites is 2. The largest absolute Gasteiger partial charge is 0.457 e. The Morgan fingerprint density at radius 3 is 1.96 bits per heavy atom. The van der Waals surface area contributed by atoms with Crippen LogP contribution in [0.3, 0.4) is 0 Å². The summed E-state index contributed by atoms with van der Waals surface area (Å²) in [7, 11) is -3.56. The second-order valence-corrected chi connectivity index (χ2v) is 8.55. The van der Waals surface area contributed by atoms with Crippen molar-refractivity contribution in [3.05, 3.63) is 84.9 Å². The van der Waals surface area contributed by atoms with Crippen molar-refractivity contribution < 1.29 is 13.2 Å². The zero-order valence-corrected chi connectivity index (χ0v) is 16.3. The summed E-state index contributed by atoms with van der Waals surface area (Å²) >= 11 is 0. The Kier molecular flexibility index (Phi) is 5.32. The van der Waals surface area contributed by atoms with E-state index in [1.807, 2.05) is 48.5 Å². The quantitative estimate of drug-likeness (QED) is 0.657. The van der Waals surface area contributed by atoms with Gasteiger partial charge in [0.2, 0.25) is 10.0 Å². The van der Waals surface area contributed by atoms with Gasteiger partial charge in [-0.25, -0.2) is 8.42 Å². The number of ether oxygens (including phenoxy) is 1. The first-order chi connectivity index (χ1) is 13.6. The van der Waals surface area contributed by atoms with Gasteiger partial charge in [-0.3, -0.25) is 0 Å². The first kappa shape index (κ1) is 18.5. The van der Waals surface area contributed by atoms with Crippen LogP contribution in [0, 0.1) is 0 Å². The molecule has 0 aliphatic carbocycles. The lowest BCUT2D eigenvalue weighted by molar-refractivity contribution is 0.384. The van der Waals surface area contributed by atoms with Gasteiger partial charge in [-0.05, 0) is 36.4 Å². The molecule has 1 aliphatic heterocycles. The molecule has 4 rings (SSSR count). The monoisotopic (exact) mass is 394 g/mol. The van der Waals surface area contributed by atoms with E-state index in [4.69, 9.17) is 4.74 Å². The van der Waals surface area contributed by atoms with E-state index in [1.54, 1.807) is 28.6 Å². The first-order valence-electron chi connectivity index (χ1n) is 9.26. The second-order valence-electron chi connectivity index (χ2n) is 6.62. The molecular formula is C22H22N2O3S. The smallest absolute Gasteiger partial charge is 0.243 e. The molecule has 1 heterocycles. The summed E-state index contributed by atoms with van der Waals surface area (Å²) in [5.41, 5.74) is 1.12. The van der Waals surface area contributed by atoms with E-state index >= 15 is 0 Å². The van der Waals surface area contributed by atoms with Gasteiger partial charge in [0.1, 0.15) is 11.5 Å². The van der Waals surface area contributed by atoms with Crippen molar-refractivity contribution in [1.82, 2.24) is 4.31 Å². The van der Waals surface area contributed by atoms with Gasteiger partial charge >= 0.3 is 0 Å². The summed E-state index contributed by atoms with van der Waals surface area (Å²) in [6, 6.07) is 26.1. The van der Waals surface area contributed by atoms with Crippen LogP contribution in [-0.2, 0) is 10.0 Å². The van der Waals surface area contributed by atoms with E-state index in [-0.39, 0.29) is 4.90 Å². The van der Waals surface area contributed by atoms with Gasteiger partial charge in [0.15, 0.2) is 0 Å². The van der Waals surface area contributed by atoms with E-state index in [9.17, 15) is 8.42 Å². The van der Waals surface area contributed by atoms with Crippen molar-refractivity contribution in [3.63, 3.8) is 0 Å². The highest BCUT2D eigenvalue weighted by molar-refractivity contribution is 7.89. The highest BCUT2D eigenvalue weighted by atomic mass is 32.2. The lowest BCUT2D eigenvalue weighted by Crippen LogP contribution is -2.48. The minimum atomic E-state index is -3.56. The van der Waals surface area contributed by atoms with E-state index in [1.165, 1.54) is 0 Å². The van der Waals surface area contributed by atoms with Crippen molar-refractivity contribution in [2.24, 2.45) is 0 Å². The van der Waals surface area contributed by atoms with E-state index in [0.29, 0.717) is 37.7 Å². The fourth-order valence-corrected chi connectivity index (χ4v) is 4.76. The van der Waals surface area contributed by atoms with Gasteiger partial charge in [-0.15, -0.1) is 0 Å². The lowest BCUT2D eigenvalue weighted by atomic mass is 10.2. The molecule has 28 heavy (non-hydrogen) atoms. The van der Waals surface area contributed by atoms with Crippen LogP contribution in [-0.4, -0.2) is 38.9 Å². The number of sulfonamides is 1. The molecule has 0 bridgehead atoms. The molecule has 144 valence electrons. The molecule has 0 unspecified atom stereocenters. The third-order valence-electron chi connectivity index (χ3n) is 4.78. The molecule has 0 N–H and O–H groups in total. The highest BCUT2D eigenvalue weighted by Gasteiger charge is 2.28. The summed E-state index contributed by atoms with van der Waals surface area (Å²) in [4.78, 5) is 2.47. The van der Waals surface area contributed by atoms with Crippen molar-refractivity contribution in [2.45, 2.75) is 4.90 Å². The Bertz CT molecular complexity index is 1020. The summed E-state index contributed by atoms with van der Waals surface area (Å²) in [6.45, 7) is 2.26. The Hall–Kier alpha value is -2.83. The number of benzene rings is 3. The molecule has 0 spiro atoms. The molecule has 5 nitrogen and oxygen atoms in total. The molecule has 1 saturated heterocycles. The maximum absolute atomic E-state index is 13.1. The zero-order chi connectivity index (χ0) is 19.4. The minimum Gasteiger partial charge on any atom is -0.457 e. The first-order valence-corrected chi connectivity index (χ1v) is 10.7. The molecule has 0 radical (unpaired) electrons. The molecule has 1 fully saturated rings. The molecule has 6 heteroatoms. The van der Waals surface area contributed by atoms with E-state index in [0.717, 1.165) is 5.69 Å². The molecule has 3 aromatic carbocycles. The van der Waals surface area contributed by atoms with Crippen molar-refractivity contribution in [1.29, 1.82) is 0 Å². The average molecular weight is 394 g/mol. The third kappa shape index (κ3) is 4.03. The van der Waals surface area contributed by atoms with Crippen LogP contribution in [0.5, 0.6) is 11.5 Å². The number of rotatable bonds is 5. The predicted octanol–water partition coefficient (Wildman–Crippen LogP) is 3.99. The van der Waals surface area contributed by atoms with E-state index < -0.39 is 10.0 Å². The summed E-state index contributed by atoms with van der Waals surface area (Å²) in [5, 5.41) is 0. The van der Waals surface area contributed by atoms with Crippen molar-refractivity contribution in [3.8, 4) is 11.5 Å². The van der Waals surface area contributed by atoms with E-state index in [2.05, 4.69) is 17.0 Å². The van der Waals surface area contributed by atoms with Crippen LogP contribution in [0.1, 0.15) is 0 Å². The Morgan fingerprint density at radius 2 is 1.29 bits per heavy atom. The summed E-state index contributed by atoms with van der Waals surface area (Å²) in [5.74, 6) is 1.18. The fraction of sp³-hybridized carbons (Fsp3) is 0.182. The van der Waals surface area contributed by atoms with Crippen LogP contribution >= 0.6 is 0 Å². The molecule has 1 aliphatic rings. The van der Waals surface area contributed by atoms with Crippen molar-refractivity contribution in [2.75, 3.05) is 31.1 Å². The van der Waals surface area contributed by atoms with Crippen molar-refractivity contribution >= 4 is 15.7 Å². The molecule has 3 aromatic rings. The fourth-order valence-electron chi connectivity index (χ4n) is 3.30. The number of piperazine rings is 1. The van der Waals surface area contributed by atoms with Crippen LogP contribution in [0.2, 0.25) is 0 Å². The summed E-state index contributed by atoms with van der Waals surface area (Å²) < 4.78 is 33.5. The molecule has 0 amide bonds. The predicted molar refractivity (Wildman–Crippen MR) is 110 cm³/mol. The number of hydrogen-bond acceptors (Lipinski definition) is 4. The molecule has 0 saturated carbocycles. The normalized spacial score (nSPS) is 15.4. The van der Waals surface area contributed by atoms with Gasteiger partial charge in [-0.1, -0.05) is 42.5 Å². The van der Waals surface area contributed by atoms with Gasteiger partial charge in [0.05, 0.1) is 4.90 Å². The maximum Gasteiger partial charge on any atom is 0.243 e. The Labute approximate surface area is 165 Å². The van der Waals surface area contributed by atoms with Crippen LogP contribution in [0.4, 0.5) is 5.69 Å². The average Bonchev–Trinajstić information content (AvgIpc) is 2.75. The topological polar surface area (TPSA) is 49.9 Å². The Balaban J connectivity index is 1.47. The third-order valence-corrected chi connectivity index (χ3v) is 6.68. The zero-order valence-electron chi connectivity index (χ0n) is 15.4. The number of nitrogens with zero attached hydrogens (tertiary/aromatic N) is 2. The maximum atomic E-state index is 13.1. The minimum absolute atomic E-state index is 0.258. The van der Waals surface area contributed by atoms with Gasteiger partial charge in [0, 0.05) is 37.9 Å². The number of hydrogen-bond donors (Lipinski definition) is 0.